The Morgan fingerprint density at radius 1 is 1.03 bits per heavy atom. The van der Waals surface area contributed by atoms with Crippen LogP contribution >= 0.6 is 0 Å². The zero-order valence-corrected chi connectivity index (χ0v) is 20.0. The monoisotopic (exact) mass is 490 g/mol. The van der Waals surface area contributed by atoms with Crippen molar-refractivity contribution in [2.24, 2.45) is 0 Å². The van der Waals surface area contributed by atoms with Crippen molar-refractivity contribution in [3.05, 3.63) is 33.9 Å². The van der Waals surface area contributed by atoms with Gasteiger partial charge in [-0.15, -0.1) is 0 Å². The van der Waals surface area contributed by atoms with Crippen LogP contribution in [-0.4, -0.2) is 93.0 Å². The largest absolute Gasteiger partial charge is 0.452 e. The van der Waals surface area contributed by atoms with Gasteiger partial charge in [-0.2, -0.15) is 0 Å². The minimum absolute atomic E-state index is 0.0750. The Bertz CT molecular complexity index is 907. The molecule has 192 valence electrons. The summed E-state index contributed by atoms with van der Waals surface area (Å²) in [4.78, 5) is 40.6. The maximum absolute atomic E-state index is 12.9. The van der Waals surface area contributed by atoms with Gasteiger partial charge in [0.15, 0.2) is 6.61 Å². The van der Waals surface area contributed by atoms with Crippen molar-refractivity contribution < 1.29 is 28.7 Å². The highest BCUT2D eigenvalue weighted by Gasteiger charge is 2.38. The van der Waals surface area contributed by atoms with Gasteiger partial charge in [0.2, 0.25) is 0 Å². The second-order valence-electron chi connectivity index (χ2n) is 9.30. The standard InChI is InChI=1S/C24H34N4O7/c29-22(25-18-24(6-2-1-3-7-24)27-10-14-34-15-11-27)17-35-23(30)20-16-19(28(31)32)4-5-21(20)26-8-12-33-13-9-26/h4-5,16H,1-3,6-15,17-18H2,(H,25,29). The number of anilines is 1. The number of nitro benzene ring substituents is 1. The predicted octanol–water partition coefficient (Wildman–Crippen LogP) is 1.74. The summed E-state index contributed by atoms with van der Waals surface area (Å²) < 4.78 is 16.2. The van der Waals surface area contributed by atoms with Crippen molar-refractivity contribution in [3.63, 3.8) is 0 Å². The Balaban J connectivity index is 1.38. The number of carbonyl (C=O) groups is 2. The van der Waals surface area contributed by atoms with Gasteiger partial charge in [0.1, 0.15) is 0 Å². The molecule has 1 aromatic rings. The zero-order valence-electron chi connectivity index (χ0n) is 20.0. The first-order valence-electron chi connectivity index (χ1n) is 12.4. The van der Waals surface area contributed by atoms with Crippen LogP contribution in [0.1, 0.15) is 42.5 Å². The lowest BCUT2D eigenvalue weighted by atomic mass is 9.79. The molecule has 0 bridgehead atoms. The van der Waals surface area contributed by atoms with E-state index in [-0.39, 0.29) is 22.7 Å². The van der Waals surface area contributed by atoms with Gasteiger partial charge in [-0.3, -0.25) is 19.8 Å². The van der Waals surface area contributed by atoms with Crippen LogP contribution in [0.3, 0.4) is 0 Å². The fraction of sp³-hybridized carbons (Fsp3) is 0.667. The molecule has 0 radical (unpaired) electrons. The normalized spacial score (nSPS) is 20.7. The summed E-state index contributed by atoms with van der Waals surface area (Å²) in [7, 11) is 0. The van der Waals surface area contributed by atoms with Crippen molar-refractivity contribution in [1.82, 2.24) is 10.2 Å². The number of amides is 1. The van der Waals surface area contributed by atoms with E-state index >= 15 is 0 Å². The average Bonchev–Trinajstić information content (AvgIpc) is 2.91. The molecule has 2 heterocycles. The molecule has 4 rings (SSSR count). The quantitative estimate of drug-likeness (QED) is 0.330. The molecule has 2 saturated heterocycles. The molecule has 1 aromatic carbocycles. The van der Waals surface area contributed by atoms with Crippen molar-refractivity contribution in [2.75, 3.05) is 70.7 Å². The number of ether oxygens (including phenoxy) is 3. The molecular weight excluding hydrogens is 456 g/mol. The lowest BCUT2D eigenvalue weighted by Crippen LogP contribution is -2.59. The van der Waals surface area contributed by atoms with E-state index in [9.17, 15) is 19.7 Å². The molecule has 0 atom stereocenters. The summed E-state index contributed by atoms with van der Waals surface area (Å²) in [5.41, 5.74) is 0.317. The first-order chi connectivity index (χ1) is 17.0. The molecule has 35 heavy (non-hydrogen) atoms. The van der Waals surface area contributed by atoms with Gasteiger partial charge in [-0.05, 0) is 18.9 Å². The number of carbonyl (C=O) groups excluding carboxylic acids is 2. The highest BCUT2D eigenvalue weighted by Crippen LogP contribution is 2.34. The molecule has 11 heteroatoms. The fourth-order valence-electron chi connectivity index (χ4n) is 5.26. The van der Waals surface area contributed by atoms with Crippen LogP contribution in [0.4, 0.5) is 11.4 Å². The van der Waals surface area contributed by atoms with Gasteiger partial charge in [0, 0.05) is 50.4 Å². The molecule has 2 aliphatic heterocycles. The summed E-state index contributed by atoms with van der Waals surface area (Å²) in [6, 6.07) is 4.12. The van der Waals surface area contributed by atoms with E-state index in [1.807, 2.05) is 4.90 Å². The minimum atomic E-state index is -0.758. The van der Waals surface area contributed by atoms with Crippen LogP contribution in [0.15, 0.2) is 18.2 Å². The van der Waals surface area contributed by atoms with E-state index in [4.69, 9.17) is 14.2 Å². The summed E-state index contributed by atoms with van der Waals surface area (Å²) >= 11 is 0. The number of nitro groups is 1. The predicted molar refractivity (Wildman–Crippen MR) is 128 cm³/mol. The van der Waals surface area contributed by atoms with Crippen molar-refractivity contribution >= 4 is 23.3 Å². The fourth-order valence-corrected chi connectivity index (χ4v) is 5.26. The highest BCUT2D eigenvalue weighted by molar-refractivity contribution is 5.97. The van der Waals surface area contributed by atoms with E-state index < -0.39 is 17.5 Å². The Kier molecular flexibility index (Phi) is 8.53. The number of benzene rings is 1. The Morgan fingerprint density at radius 2 is 1.69 bits per heavy atom. The number of esters is 1. The Hall–Kier alpha value is -2.76. The number of non-ortho nitro benzene ring substituents is 1. The number of nitrogens with zero attached hydrogens (tertiary/aromatic N) is 3. The Morgan fingerprint density at radius 3 is 2.34 bits per heavy atom. The first-order valence-corrected chi connectivity index (χ1v) is 12.4. The molecule has 3 fully saturated rings. The van der Waals surface area contributed by atoms with Crippen molar-refractivity contribution in [1.29, 1.82) is 0 Å². The highest BCUT2D eigenvalue weighted by atomic mass is 16.6. The van der Waals surface area contributed by atoms with Crippen LogP contribution in [0, 0.1) is 10.1 Å². The summed E-state index contributed by atoms with van der Waals surface area (Å²) in [6.45, 7) is 5.26. The topological polar surface area (TPSA) is 123 Å². The first kappa shape index (κ1) is 25.3. The van der Waals surface area contributed by atoms with Gasteiger partial charge in [-0.1, -0.05) is 19.3 Å². The minimum Gasteiger partial charge on any atom is -0.452 e. The SMILES string of the molecule is O=C(COC(=O)c1cc([N+](=O)[O-])ccc1N1CCOCC1)NCC1(N2CCOCC2)CCCCC1. The molecule has 1 N–H and O–H groups in total. The molecule has 1 amide bonds. The van der Waals surface area contributed by atoms with E-state index in [1.165, 1.54) is 18.6 Å². The van der Waals surface area contributed by atoms with Crippen LogP contribution < -0.4 is 10.2 Å². The Labute approximate surface area is 204 Å². The van der Waals surface area contributed by atoms with Gasteiger partial charge in [0.25, 0.3) is 11.6 Å². The van der Waals surface area contributed by atoms with Crippen LogP contribution in [0.2, 0.25) is 0 Å². The summed E-state index contributed by atoms with van der Waals surface area (Å²) in [6.07, 6.45) is 5.48. The smallest absolute Gasteiger partial charge is 0.341 e. The lowest BCUT2D eigenvalue weighted by Gasteiger charge is -2.48. The third-order valence-electron chi connectivity index (χ3n) is 7.18. The number of hydrogen-bond acceptors (Lipinski definition) is 9. The van der Waals surface area contributed by atoms with E-state index in [0.29, 0.717) is 51.7 Å². The second kappa shape index (κ2) is 11.8. The summed E-state index contributed by atoms with van der Waals surface area (Å²) in [5, 5.41) is 14.2. The maximum Gasteiger partial charge on any atom is 0.341 e. The second-order valence-corrected chi connectivity index (χ2v) is 9.30. The molecule has 0 aromatic heterocycles. The van der Waals surface area contributed by atoms with Crippen LogP contribution in [0.25, 0.3) is 0 Å². The summed E-state index contributed by atoms with van der Waals surface area (Å²) in [5.74, 6) is -1.14. The van der Waals surface area contributed by atoms with Gasteiger partial charge < -0.3 is 24.4 Å². The molecule has 11 nitrogen and oxygen atoms in total. The molecule has 1 saturated carbocycles. The molecular formula is C24H34N4O7. The van der Waals surface area contributed by atoms with Crippen molar-refractivity contribution in [2.45, 2.75) is 37.6 Å². The van der Waals surface area contributed by atoms with Crippen molar-refractivity contribution in [3.8, 4) is 0 Å². The van der Waals surface area contributed by atoms with E-state index in [2.05, 4.69) is 10.2 Å². The number of morpholine rings is 2. The van der Waals surface area contributed by atoms with Gasteiger partial charge in [-0.25, -0.2) is 4.79 Å². The molecule has 0 spiro atoms. The average molecular weight is 491 g/mol. The van der Waals surface area contributed by atoms with Crippen LogP contribution in [0.5, 0.6) is 0 Å². The maximum atomic E-state index is 12.9. The number of hydrogen-bond donors (Lipinski definition) is 1. The number of nitrogens with one attached hydrogen (secondary N) is 1. The van der Waals surface area contributed by atoms with Crippen LogP contribution in [-0.2, 0) is 19.0 Å². The lowest BCUT2D eigenvalue weighted by molar-refractivity contribution is -0.384. The third-order valence-corrected chi connectivity index (χ3v) is 7.18. The van der Waals surface area contributed by atoms with E-state index in [1.54, 1.807) is 6.07 Å². The van der Waals surface area contributed by atoms with Gasteiger partial charge >= 0.3 is 5.97 Å². The zero-order chi connectivity index (χ0) is 24.7. The molecule has 3 aliphatic rings. The van der Waals surface area contributed by atoms with E-state index in [0.717, 1.165) is 38.8 Å². The molecule has 1 aliphatic carbocycles. The van der Waals surface area contributed by atoms with Gasteiger partial charge in [0.05, 0.1) is 42.6 Å². The number of rotatable bonds is 8. The molecule has 0 unspecified atom stereocenters. The third kappa shape index (κ3) is 6.28.